The number of unbranched alkanes of at least 4 members (excludes halogenated alkanes) is 11. The second-order valence-corrected chi connectivity index (χ2v) is 17.7. The SMILES string of the molecule is CC/C=C\C/C=C\C/C=C\C/C=C\C/C=C\C/C=C\CCC(=O)OCC(COC(=O)CCCCCCC/C=C\C/C=C\CCCCC)OC(=O)CCCCC/C=C\C/C=C\C/C=C\C/C=C\C/C=C\CC. The summed E-state index contributed by atoms with van der Waals surface area (Å²) in [7, 11) is 0. The summed E-state index contributed by atoms with van der Waals surface area (Å²) in [4.78, 5) is 38.1. The minimum Gasteiger partial charge on any atom is -0.462 e. The predicted molar refractivity (Wildman–Crippen MR) is 306 cm³/mol. The first-order valence-electron chi connectivity index (χ1n) is 28.0. The minimum absolute atomic E-state index is 0.130. The van der Waals surface area contributed by atoms with Crippen molar-refractivity contribution >= 4 is 17.9 Å². The normalized spacial score (nSPS) is 13.3. The molecule has 0 rings (SSSR count). The average Bonchev–Trinajstić information content (AvgIpc) is 3.37. The first kappa shape index (κ1) is 66.0. The van der Waals surface area contributed by atoms with Gasteiger partial charge in [0.1, 0.15) is 13.2 Å². The summed E-state index contributed by atoms with van der Waals surface area (Å²) >= 11 is 0. The maximum absolute atomic E-state index is 12.8. The Balaban J connectivity index is 4.63. The standard InChI is InChI=1S/C65H100O6/c1-4-7-10-13-16-19-22-25-28-30-32-34-37-40-43-46-49-52-55-58-64(67)70-61-62(60-69-63(66)57-54-51-48-45-42-39-36-27-24-21-18-15-12-9-6-3)71-65(68)59-56-53-50-47-44-41-38-35-33-31-29-26-23-20-17-14-11-8-5-2/h7-8,10-11,16-21,25-29,32-36,40-41,43-44,49,52,62H,4-6,9,12-15,22-24,30-31,37-39,42,45-48,50-51,53-61H2,1-3H3/b10-7-,11-8-,19-16-,20-17-,21-18-,28-25-,29-26-,34-32-,35-33-,36-27-,43-40-,44-41-,52-49-. The molecule has 0 saturated carbocycles. The molecule has 6 heteroatoms. The van der Waals surface area contributed by atoms with Crippen LogP contribution in [0.1, 0.15) is 213 Å². The van der Waals surface area contributed by atoms with E-state index < -0.39 is 6.10 Å². The second kappa shape index (κ2) is 57.6. The van der Waals surface area contributed by atoms with E-state index in [9.17, 15) is 14.4 Å². The fraction of sp³-hybridized carbons (Fsp3) is 0.554. The van der Waals surface area contributed by atoms with E-state index in [0.29, 0.717) is 19.3 Å². The number of ether oxygens (including phenoxy) is 3. The topological polar surface area (TPSA) is 78.9 Å². The lowest BCUT2D eigenvalue weighted by Gasteiger charge is -2.18. The van der Waals surface area contributed by atoms with Crippen LogP contribution in [0.3, 0.4) is 0 Å². The Kier molecular flexibility index (Phi) is 53.6. The molecule has 6 nitrogen and oxygen atoms in total. The van der Waals surface area contributed by atoms with Crippen molar-refractivity contribution in [1.29, 1.82) is 0 Å². The fourth-order valence-corrected chi connectivity index (χ4v) is 6.88. The van der Waals surface area contributed by atoms with Gasteiger partial charge in [-0.15, -0.1) is 0 Å². The molecule has 0 N–H and O–H groups in total. The molecule has 0 saturated heterocycles. The van der Waals surface area contributed by atoms with Gasteiger partial charge in [0.15, 0.2) is 6.10 Å². The van der Waals surface area contributed by atoms with Gasteiger partial charge in [0.05, 0.1) is 0 Å². The molecule has 0 fully saturated rings. The lowest BCUT2D eigenvalue weighted by atomic mass is 10.1. The highest BCUT2D eigenvalue weighted by Crippen LogP contribution is 2.12. The number of rotatable bonds is 48. The number of allylic oxidation sites excluding steroid dienone is 26. The monoisotopic (exact) mass is 977 g/mol. The van der Waals surface area contributed by atoms with Gasteiger partial charge in [0.2, 0.25) is 0 Å². The van der Waals surface area contributed by atoms with Crippen molar-refractivity contribution in [2.24, 2.45) is 0 Å². The first-order chi connectivity index (χ1) is 35.0. The van der Waals surface area contributed by atoms with E-state index in [1.165, 1.54) is 25.7 Å². The van der Waals surface area contributed by atoms with Crippen LogP contribution in [0.4, 0.5) is 0 Å². The summed E-state index contributed by atoms with van der Waals surface area (Å²) in [6, 6.07) is 0. The lowest BCUT2D eigenvalue weighted by Crippen LogP contribution is -2.30. The summed E-state index contributed by atoms with van der Waals surface area (Å²) in [5.74, 6) is -1.07. The van der Waals surface area contributed by atoms with E-state index in [2.05, 4.69) is 167 Å². The molecule has 0 radical (unpaired) electrons. The summed E-state index contributed by atoms with van der Waals surface area (Å²) in [5, 5.41) is 0. The molecular weight excluding hydrogens is 877 g/mol. The Hall–Kier alpha value is -4.97. The van der Waals surface area contributed by atoms with Gasteiger partial charge >= 0.3 is 17.9 Å². The van der Waals surface area contributed by atoms with E-state index in [-0.39, 0.29) is 44.0 Å². The van der Waals surface area contributed by atoms with Crippen LogP contribution in [0.15, 0.2) is 158 Å². The van der Waals surface area contributed by atoms with Crippen LogP contribution in [0, 0.1) is 0 Å². The van der Waals surface area contributed by atoms with Crippen molar-refractivity contribution in [3.63, 3.8) is 0 Å². The fourth-order valence-electron chi connectivity index (χ4n) is 6.88. The molecule has 0 aromatic carbocycles. The molecule has 0 amide bonds. The maximum atomic E-state index is 12.8. The first-order valence-corrected chi connectivity index (χ1v) is 28.0. The summed E-state index contributed by atoms with van der Waals surface area (Å²) < 4.78 is 16.7. The molecule has 0 aromatic rings. The Bertz CT molecular complexity index is 1640. The zero-order valence-electron chi connectivity index (χ0n) is 45.2. The van der Waals surface area contributed by atoms with Crippen molar-refractivity contribution in [2.45, 2.75) is 219 Å². The predicted octanol–water partition coefficient (Wildman–Crippen LogP) is 19.0. The second-order valence-electron chi connectivity index (χ2n) is 17.7. The van der Waals surface area contributed by atoms with Crippen LogP contribution < -0.4 is 0 Å². The highest BCUT2D eigenvalue weighted by Gasteiger charge is 2.19. The summed E-state index contributed by atoms with van der Waals surface area (Å²) in [6.07, 6.45) is 83.8. The van der Waals surface area contributed by atoms with Crippen LogP contribution in [-0.4, -0.2) is 37.2 Å². The van der Waals surface area contributed by atoms with Crippen molar-refractivity contribution in [3.8, 4) is 0 Å². The van der Waals surface area contributed by atoms with Gasteiger partial charge in [-0.2, -0.15) is 0 Å². The number of hydrogen-bond acceptors (Lipinski definition) is 6. The third-order valence-corrected chi connectivity index (χ3v) is 11.0. The van der Waals surface area contributed by atoms with Gasteiger partial charge in [0.25, 0.3) is 0 Å². The molecule has 0 aliphatic carbocycles. The Labute approximate surface area is 435 Å². The van der Waals surface area contributed by atoms with Gasteiger partial charge < -0.3 is 14.2 Å². The van der Waals surface area contributed by atoms with E-state index in [0.717, 1.165) is 135 Å². The highest BCUT2D eigenvalue weighted by atomic mass is 16.6. The van der Waals surface area contributed by atoms with Gasteiger partial charge in [-0.3, -0.25) is 14.4 Å². The van der Waals surface area contributed by atoms with E-state index >= 15 is 0 Å². The van der Waals surface area contributed by atoms with Gasteiger partial charge in [-0.1, -0.05) is 217 Å². The van der Waals surface area contributed by atoms with Crippen LogP contribution in [0.5, 0.6) is 0 Å². The molecule has 0 aromatic heterocycles. The van der Waals surface area contributed by atoms with Gasteiger partial charge in [-0.05, 0) is 135 Å². The Morgan fingerprint density at radius 2 is 0.577 bits per heavy atom. The molecule has 1 unspecified atom stereocenters. The van der Waals surface area contributed by atoms with Crippen molar-refractivity contribution < 1.29 is 28.6 Å². The zero-order chi connectivity index (χ0) is 51.4. The molecule has 0 aliphatic rings. The van der Waals surface area contributed by atoms with Crippen LogP contribution in [-0.2, 0) is 28.6 Å². The number of carbonyl (C=O) groups excluding carboxylic acids is 3. The lowest BCUT2D eigenvalue weighted by molar-refractivity contribution is -0.166. The third-order valence-electron chi connectivity index (χ3n) is 11.0. The largest absolute Gasteiger partial charge is 0.462 e. The van der Waals surface area contributed by atoms with Gasteiger partial charge in [0, 0.05) is 19.3 Å². The summed E-state index contributed by atoms with van der Waals surface area (Å²) in [6.45, 7) is 6.26. The van der Waals surface area contributed by atoms with E-state index in [1.807, 2.05) is 12.2 Å². The Morgan fingerprint density at radius 3 is 0.958 bits per heavy atom. The van der Waals surface area contributed by atoms with Crippen LogP contribution >= 0.6 is 0 Å². The molecule has 0 spiro atoms. The zero-order valence-corrected chi connectivity index (χ0v) is 45.2. The van der Waals surface area contributed by atoms with Crippen LogP contribution in [0.2, 0.25) is 0 Å². The average molecular weight is 978 g/mol. The molecule has 1 atom stereocenters. The molecule has 0 bridgehead atoms. The smallest absolute Gasteiger partial charge is 0.306 e. The van der Waals surface area contributed by atoms with E-state index in [4.69, 9.17) is 14.2 Å². The minimum atomic E-state index is -0.841. The Morgan fingerprint density at radius 1 is 0.296 bits per heavy atom. The number of hydrogen-bond donors (Lipinski definition) is 0. The van der Waals surface area contributed by atoms with Crippen molar-refractivity contribution in [2.75, 3.05) is 13.2 Å². The molecule has 71 heavy (non-hydrogen) atoms. The molecule has 0 aliphatic heterocycles. The van der Waals surface area contributed by atoms with Crippen molar-refractivity contribution in [3.05, 3.63) is 158 Å². The van der Waals surface area contributed by atoms with Crippen LogP contribution in [0.25, 0.3) is 0 Å². The number of carbonyl (C=O) groups is 3. The quantitative estimate of drug-likeness (QED) is 0.0262. The van der Waals surface area contributed by atoms with Crippen molar-refractivity contribution in [1.82, 2.24) is 0 Å². The van der Waals surface area contributed by atoms with E-state index in [1.54, 1.807) is 0 Å². The summed E-state index contributed by atoms with van der Waals surface area (Å²) in [5.41, 5.74) is 0. The maximum Gasteiger partial charge on any atom is 0.306 e. The molecular formula is C65H100O6. The third kappa shape index (κ3) is 55.8. The highest BCUT2D eigenvalue weighted by molar-refractivity contribution is 5.71. The number of esters is 3. The van der Waals surface area contributed by atoms with Gasteiger partial charge in [-0.25, -0.2) is 0 Å². The molecule has 396 valence electrons. The molecule has 0 heterocycles.